The lowest BCUT2D eigenvalue weighted by Crippen LogP contribution is -2.20. The number of thiazole rings is 1. The van der Waals surface area contributed by atoms with Crippen molar-refractivity contribution >= 4 is 39.0 Å². The zero-order valence-corrected chi connectivity index (χ0v) is 12.6. The van der Waals surface area contributed by atoms with Crippen LogP contribution in [0.15, 0.2) is 47.0 Å². The number of nitrogens with two attached hydrogens (primary N) is 1. The van der Waals surface area contributed by atoms with E-state index in [4.69, 9.17) is 5.73 Å². The van der Waals surface area contributed by atoms with Crippen LogP contribution in [-0.2, 0) is 0 Å². The van der Waals surface area contributed by atoms with Gasteiger partial charge in [-0.1, -0.05) is 18.2 Å². The van der Waals surface area contributed by atoms with Crippen LogP contribution in [0.3, 0.4) is 0 Å². The van der Waals surface area contributed by atoms with Gasteiger partial charge >= 0.3 is 0 Å². The van der Waals surface area contributed by atoms with Crippen molar-refractivity contribution in [3.8, 4) is 0 Å². The lowest BCUT2D eigenvalue weighted by atomic mass is 10.1. The normalized spacial score (nSPS) is 11.6. The number of aromatic nitrogens is 2. The average Bonchev–Trinajstić information content (AvgIpc) is 2.98. The highest BCUT2D eigenvalue weighted by Gasteiger charge is 2.10. The van der Waals surface area contributed by atoms with Crippen LogP contribution in [-0.4, -0.2) is 21.6 Å². The molecule has 0 unspecified atom stereocenters. The molecule has 0 atom stereocenters. The lowest BCUT2D eigenvalue weighted by molar-refractivity contribution is 0.0956. The SMILES string of the molecule is C/C(=N\NC(=O)c1cccc2cccnc12)c1csc(N)n1. The molecule has 1 aromatic carbocycles. The fraction of sp³-hybridized carbons (Fsp3) is 0.0667. The third-order valence-electron chi connectivity index (χ3n) is 3.10. The van der Waals surface area contributed by atoms with Crippen molar-refractivity contribution < 1.29 is 4.79 Å². The van der Waals surface area contributed by atoms with Crippen LogP contribution >= 0.6 is 11.3 Å². The van der Waals surface area contributed by atoms with Crippen molar-refractivity contribution in [2.45, 2.75) is 6.92 Å². The summed E-state index contributed by atoms with van der Waals surface area (Å²) in [6.07, 6.45) is 1.66. The molecular weight excluding hydrogens is 298 g/mol. The number of hydrogen-bond donors (Lipinski definition) is 2. The minimum absolute atomic E-state index is 0.313. The molecule has 3 rings (SSSR count). The summed E-state index contributed by atoms with van der Waals surface area (Å²) >= 11 is 1.33. The molecule has 2 aromatic heterocycles. The number of pyridine rings is 1. The minimum Gasteiger partial charge on any atom is -0.375 e. The summed E-state index contributed by atoms with van der Waals surface area (Å²) in [5.74, 6) is -0.313. The van der Waals surface area contributed by atoms with Crippen LogP contribution < -0.4 is 11.2 Å². The number of nitrogens with zero attached hydrogens (tertiary/aromatic N) is 3. The van der Waals surface area contributed by atoms with Gasteiger partial charge in [0.25, 0.3) is 5.91 Å². The van der Waals surface area contributed by atoms with Crippen molar-refractivity contribution in [1.82, 2.24) is 15.4 Å². The number of carbonyl (C=O) groups is 1. The second kappa shape index (κ2) is 5.90. The van der Waals surface area contributed by atoms with Gasteiger partial charge in [-0.25, -0.2) is 10.4 Å². The first-order valence-electron chi connectivity index (χ1n) is 6.55. The number of benzene rings is 1. The maximum absolute atomic E-state index is 12.3. The average molecular weight is 311 g/mol. The van der Waals surface area contributed by atoms with Gasteiger partial charge in [0.1, 0.15) is 0 Å². The molecule has 0 bridgehead atoms. The number of para-hydroxylation sites is 1. The second-order valence-electron chi connectivity index (χ2n) is 4.59. The Kier molecular flexibility index (Phi) is 3.80. The second-order valence-corrected chi connectivity index (χ2v) is 5.48. The Balaban J connectivity index is 1.85. The Morgan fingerprint density at radius 3 is 2.91 bits per heavy atom. The highest BCUT2D eigenvalue weighted by Crippen LogP contribution is 2.16. The van der Waals surface area contributed by atoms with Gasteiger partial charge in [-0.15, -0.1) is 11.3 Å². The molecule has 3 N–H and O–H groups in total. The maximum atomic E-state index is 12.3. The van der Waals surface area contributed by atoms with E-state index in [1.807, 2.05) is 24.3 Å². The number of fused-ring (bicyclic) bond motifs is 1. The van der Waals surface area contributed by atoms with Gasteiger partial charge in [0.05, 0.1) is 22.5 Å². The summed E-state index contributed by atoms with van der Waals surface area (Å²) in [4.78, 5) is 20.7. The Hall–Kier alpha value is -2.80. The molecule has 110 valence electrons. The summed E-state index contributed by atoms with van der Waals surface area (Å²) in [5.41, 5.74) is 10.5. The van der Waals surface area contributed by atoms with Crippen LogP contribution in [0.4, 0.5) is 5.13 Å². The summed E-state index contributed by atoms with van der Waals surface area (Å²) in [6.45, 7) is 1.76. The van der Waals surface area contributed by atoms with Gasteiger partial charge in [-0.2, -0.15) is 5.10 Å². The monoisotopic (exact) mass is 311 g/mol. The molecule has 0 radical (unpaired) electrons. The van der Waals surface area contributed by atoms with Crippen molar-refractivity contribution in [3.63, 3.8) is 0 Å². The van der Waals surface area contributed by atoms with Gasteiger partial charge in [0, 0.05) is 17.0 Å². The zero-order chi connectivity index (χ0) is 15.5. The highest BCUT2D eigenvalue weighted by molar-refractivity contribution is 7.13. The molecule has 7 heteroatoms. The molecule has 1 amide bonds. The molecule has 3 aromatic rings. The Morgan fingerprint density at radius 1 is 1.32 bits per heavy atom. The van der Waals surface area contributed by atoms with E-state index in [0.29, 0.717) is 27.6 Å². The van der Waals surface area contributed by atoms with Crippen molar-refractivity contribution in [2.75, 3.05) is 5.73 Å². The van der Waals surface area contributed by atoms with E-state index in [0.717, 1.165) is 5.39 Å². The van der Waals surface area contributed by atoms with Gasteiger partial charge in [-0.3, -0.25) is 9.78 Å². The van der Waals surface area contributed by atoms with Gasteiger partial charge < -0.3 is 5.73 Å². The summed E-state index contributed by atoms with van der Waals surface area (Å²) in [6, 6.07) is 9.18. The molecule has 2 heterocycles. The van der Waals surface area contributed by atoms with E-state index in [-0.39, 0.29) is 5.91 Å². The van der Waals surface area contributed by atoms with E-state index in [2.05, 4.69) is 20.5 Å². The van der Waals surface area contributed by atoms with E-state index in [1.165, 1.54) is 11.3 Å². The minimum atomic E-state index is -0.313. The summed E-state index contributed by atoms with van der Waals surface area (Å²) < 4.78 is 0. The molecule has 0 saturated carbocycles. The predicted octanol–water partition coefficient (Wildman–Crippen LogP) is 2.43. The fourth-order valence-corrected chi connectivity index (χ4v) is 2.60. The number of nitrogen functional groups attached to an aromatic ring is 1. The van der Waals surface area contributed by atoms with Crippen LogP contribution in [0.5, 0.6) is 0 Å². The molecule has 0 saturated heterocycles. The number of hydrogen-bond acceptors (Lipinski definition) is 6. The predicted molar refractivity (Wildman–Crippen MR) is 87.9 cm³/mol. The molecule has 6 nitrogen and oxygen atoms in total. The summed E-state index contributed by atoms with van der Waals surface area (Å²) in [7, 11) is 0. The first-order valence-corrected chi connectivity index (χ1v) is 7.43. The molecule has 0 aliphatic rings. The molecule has 0 aliphatic carbocycles. The first kappa shape index (κ1) is 14.2. The lowest BCUT2D eigenvalue weighted by Gasteiger charge is -2.04. The smallest absolute Gasteiger partial charge is 0.273 e. The largest absolute Gasteiger partial charge is 0.375 e. The van der Waals surface area contributed by atoms with Crippen LogP contribution in [0.1, 0.15) is 23.0 Å². The van der Waals surface area contributed by atoms with Crippen LogP contribution in [0.2, 0.25) is 0 Å². The third kappa shape index (κ3) is 2.79. The van der Waals surface area contributed by atoms with E-state index < -0.39 is 0 Å². The number of nitrogens with one attached hydrogen (secondary N) is 1. The van der Waals surface area contributed by atoms with Crippen LogP contribution in [0.25, 0.3) is 10.9 Å². The van der Waals surface area contributed by atoms with Crippen LogP contribution in [0, 0.1) is 0 Å². The molecule has 0 aliphatic heterocycles. The molecule has 0 spiro atoms. The number of amides is 1. The van der Waals surface area contributed by atoms with E-state index in [1.54, 1.807) is 24.6 Å². The first-order chi connectivity index (χ1) is 10.6. The zero-order valence-electron chi connectivity index (χ0n) is 11.8. The van der Waals surface area contributed by atoms with Gasteiger partial charge in [0.15, 0.2) is 5.13 Å². The Bertz CT molecular complexity index is 866. The highest BCUT2D eigenvalue weighted by atomic mass is 32.1. The number of anilines is 1. The topological polar surface area (TPSA) is 93.3 Å². The maximum Gasteiger partial charge on any atom is 0.273 e. The third-order valence-corrected chi connectivity index (χ3v) is 3.77. The van der Waals surface area contributed by atoms with E-state index >= 15 is 0 Å². The standard InChI is InChI=1S/C15H13N5OS/c1-9(12-8-22-15(16)18-12)19-20-14(21)11-6-2-4-10-5-3-7-17-13(10)11/h2-8H,1H3,(H2,16,18)(H,20,21)/b19-9+. The van der Waals surface area contributed by atoms with Crippen molar-refractivity contribution in [1.29, 1.82) is 0 Å². The fourth-order valence-electron chi connectivity index (χ4n) is 1.99. The van der Waals surface area contributed by atoms with Gasteiger partial charge in [0.2, 0.25) is 0 Å². The quantitative estimate of drug-likeness (QED) is 0.574. The number of carbonyl (C=O) groups excluding carboxylic acids is 1. The van der Waals surface area contributed by atoms with Gasteiger partial charge in [-0.05, 0) is 19.1 Å². The summed E-state index contributed by atoms with van der Waals surface area (Å²) in [5, 5.41) is 7.23. The number of hydrazone groups is 1. The number of rotatable bonds is 3. The van der Waals surface area contributed by atoms with Crippen molar-refractivity contribution in [2.24, 2.45) is 5.10 Å². The Morgan fingerprint density at radius 2 is 2.14 bits per heavy atom. The van der Waals surface area contributed by atoms with E-state index in [9.17, 15) is 4.79 Å². The molecule has 22 heavy (non-hydrogen) atoms. The molecular formula is C15H13N5OS. The van der Waals surface area contributed by atoms with Crippen molar-refractivity contribution in [3.05, 3.63) is 53.2 Å². The molecule has 0 fully saturated rings. The Labute approximate surface area is 130 Å².